The Morgan fingerprint density at radius 1 is 1.48 bits per heavy atom. The quantitative estimate of drug-likeness (QED) is 0.906. The highest BCUT2D eigenvalue weighted by atomic mass is 35.5. The van der Waals surface area contributed by atoms with Gasteiger partial charge in [-0.3, -0.25) is 0 Å². The Morgan fingerprint density at radius 3 is 2.76 bits per heavy atom. The molecule has 0 bridgehead atoms. The van der Waals surface area contributed by atoms with Crippen LogP contribution in [0.1, 0.15) is 30.1 Å². The first-order valence-corrected chi connectivity index (χ1v) is 6.87. The van der Waals surface area contributed by atoms with Gasteiger partial charge in [-0.2, -0.15) is 0 Å². The molecule has 0 radical (unpaired) electrons. The smallest absolute Gasteiger partial charge is 0.373 e. The maximum atomic E-state index is 11.3. The number of carbonyl (C=O) groups is 1. The van der Waals surface area contributed by atoms with Gasteiger partial charge in [-0.25, -0.2) is 9.78 Å². The number of carboxylic acid groups (broad SMARTS) is 1. The highest BCUT2D eigenvalue weighted by Gasteiger charge is 2.22. The lowest BCUT2D eigenvalue weighted by atomic mass is 10.1. The van der Waals surface area contributed by atoms with Crippen LogP contribution in [-0.2, 0) is 6.42 Å². The summed E-state index contributed by atoms with van der Waals surface area (Å²) in [7, 11) is 1.52. The van der Waals surface area contributed by atoms with Crippen LogP contribution in [0.2, 0.25) is 5.02 Å². The van der Waals surface area contributed by atoms with Crippen molar-refractivity contribution in [1.29, 1.82) is 0 Å². The first-order chi connectivity index (χ1) is 9.92. The third kappa shape index (κ3) is 3.36. The lowest BCUT2D eigenvalue weighted by Crippen LogP contribution is -2.03. The normalized spacial score (nSPS) is 10.9. The van der Waals surface area contributed by atoms with Gasteiger partial charge in [-0.15, -0.1) is 0 Å². The van der Waals surface area contributed by atoms with E-state index in [1.54, 1.807) is 18.2 Å². The van der Waals surface area contributed by atoms with Crippen molar-refractivity contribution in [1.82, 2.24) is 4.98 Å². The molecule has 2 aromatic rings. The lowest BCUT2D eigenvalue weighted by Gasteiger charge is -2.05. The molecular weight excluding hydrogens is 294 g/mol. The molecule has 0 spiro atoms. The second-order valence-corrected chi connectivity index (χ2v) is 5.48. The van der Waals surface area contributed by atoms with Gasteiger partial charge in [0.25, 0.3) is 0 Å². The molecule has 21 heavy (non-hydrogen) atoms. The van der Waals surface area contributed by atoms with E-state index in [1.165, 1.54) is 7.11 Å². The summed E-state index contributed by atoms with van der Waals surface area (Å²) in [6, 6.07) is 5.00. The van der Waals surface area contributed by atoms with Gasteiger partial charge in [-0.1, -0.05) is 25.4 Å². The number of nitrogens with zero attached hydrogens (tertiary/aromatic N) is 1. The number of benzene rings is 1. The van der Waals surface area contributed by atoms with Crippen LogP contribution < -0.4 is 4.74 Å². The van der Waals surface area contributed by atoms with Crippen molar-refractivity contribution in [2.24, 2.45) is 5.92 Å². The van der Waals surface area contributed by atoms with Crippen molar-refractivity contribution in [3.63, 3.8) is 0 Å². The number of carboxylic acids is 1. The van der Waals surface area contributed by atoms with Crippen molar-refractivity contribution >= 4 is 17.6 Å². The van der Waals surface area contributed by atoms with Crippen LogP contribution in [0.4, 0.5) is 0 Å². The fourth-order valence-corrected chi connectivity index (χ4v) is 2.18. The van der Waals surface area contributed by atoms with Gasteiger partial charge in [0, 0.05) is 5.02 Å². The highest BCUT2D eigenvalue weighted by molar-refractivity contribution is 6.30. The molecule has 1 N–H and O–H groups in total. The summed E-state index contributed by atoms with van der Waals surface area (Å²) in [5, 5.41) is 9.72. The van der Waals surface area contributed by atoms with Crippen LogP contribution in [0.15, 0.2) is 22.6 Å². The Morgan fingerprint density at radius 2 is 2.19 bits per heavy atom. The first-order valence-electron chi connectivity index (χ1n) is 6.49. The van der Waals surface area contributed by atoms with Gasteiger partial charge in [0.15, 0.2) is 0 Å². The number of hydrogen-bond donors (Lipinski definition) is 1. The third-order valence-electron chi connectivity index (χ3n) is 2.89. The first kappa shape index (κ1) is 15.4. The fraction of sp³-hybridized carbons (Fsp3) is 0.333. The molecule has 0 amide bonds. The Kier molecular flexibility index (Phi) is 4.53. The van der Waals surface area contributed by atoms with Gasteiger partial charge < -0.3 is 14.3 Å². The summed E-state index contributed by atoms with van der Waals surface area (Å²) in [4.78, 5) is 15.6. The number of methoxy groups -OCH3 is 1. The summed E-state index contributed by atoms with van der Waals surface area (Å²) in [5.74, 6) is -0.287. The lowest BCUT2D eigenvalue weighted by molar-refractivity contribution is 0.0661. The minimum Gasteiger partial charge on any atom is -0.496 e. The van der Waals surface area contributed by atoms with Gasteiger partial charge in [0.05, 0.1) is 18.4 Å². The van der Waals surface area contributed by atoms with E-state index in [0.29, 0.717) is 28.5 Å². The van der Waals surface area contributed by atoms with E-state index >= 15 is 0 Å². The molecule has 1 aromatic heterocycles. The molecule has 1 heterocycles. The average molecular weight is 310 g/mol. The van der Waals surface area contributed by atoms with Gasteiger partial charge in [0.1, 0.15) is 5.75 Å². The van der Waals surface area contributed by atoms with Crippen molar-refractivity contribution in [2.75, 3.05) is 7.11 Å². The Bertz CT molecular complexity index is 664. The molecule has 6 heteroatoms. The summed E-state index contributed by atoms with van der Waals surface area (Å²) in [6.45, 7) is 3.97. The molecule has 0 unspecified atom stereocenters. The number of rotatable bonds is 5. The standard InChI is InChI=1S/C15H16ClNO4/c1-8(2)6-11-13(15(18)19)21-14(17-11)10-7-9(16)4-5-12(10)20-3/h4-5,7-8H,6H2,1-3H3,(H,18,19). The zero-order chi connectivity index (χ0) is 15.6. The predicted octanol–water partition coefficient (Wildman–Crippen LogP) is 3.90. The van der Waals surface area contributed by atoms with E-state index in [9.17, 15) is 9.90 Å². The van der Waals surface area contributed by atoms with Crippen molar-refractivity contribution < 1.29 is 19.1 Å². The van der Waals surface area contributed by atoms with Gasteiger partial charge >= 0.3 is 5.97 Å². The van der Waals surface area contributed by atoms with Crippen LogP contribution in [0, 0.1) is 5.92 Å². The average Bonchev–Trinajstić information content (AvgIpc) is 2.81. The van der Waals surface area contributed by atoms with Crippen LogP contribution in [-0.4, -0.2) is 23.2 Å². The molecular formula is C15H16ClNO4. The topological polar surface area (TPSA) is 72.6 Å². The highest BCUT2D eigenvalue weighted by Crippen LogP contribution is 2.33. The van der Waals surface area contributed by atoms with Gasteiger partial charge in [-0.05, 0) is 30.5 Å². The zero-order valence-electron chi connectivity index (χ0n) is 12.0. The maximum absolute atomic E-state index is 11.3. The van der Waals surface area contributed by atoms with E-state index in [0.717, 1.165) is 0 Å². The number of halogens is 1. The van der Waals surface area contributed by atoms with E-state index in [1.807, 2.05) is 13.8 Å². The monoisotopic (exact) mass is 309 g/mol. The molecule has 0 saturated heterocycles. The molecule has 2 rings (SSSR count). The third-order valence-corrected chi connectivity index (χ3v) is 3.12. The molecule has 112 valence electrons. The Balaban J connectivity index is 2.54. The largest absolute Gasteiger partial charge is 0.496 e. The number of hydrogen-bond acceptors (Lipinski definition) is 4. The van der Waals surface area contributed by atoms with Crippen molar-refractivity contribution in [3.05, 3.63) is 34.7 Å². The second-order valence-electron chi connectivity index (χ2n) is 5.04. The summed E-state index contributed by atoms with van der Waals surface area (Å²) < 4.78 is 10.7. The number of aromatic nitrogens is 1. The van der Waals surface area contributed by atoms with Crippen LogP contribution in [0.5, 0.6) is 5.75 Å². The number of ether oxygens (including phenoxy) is 1. The molecule has 0 aliphatic carbocycles. The number of aromatic carboxylic acids is 1. The van der Waals surface area contributed by atoms with Crippen molar-refractivity contribution in [3.8, 4) is 17.2 Å². The molecule has 0 aliphatic rings. The molecule has 0 aliphatic heterocycles. The Hall–Kier alpha value is -2.01. The summed E-state index contributed by atoms with van der Waals surface area (Å²) >= 11 is 5.98. The van der Waals surface area contributed by atoms with Crippen LogP contribution in [0.25, 0.3) is 11.5 Å². The predicted molar refractivity (Wildman–Crippen MR) is 79.0 cm³/mol. The molecule has 0 saturated carbocycles. The van der Waals surface area contributed by atoms with E-state index in [4.69, 9.17) is 20.8 Å². The summed E-state index contributed by atoms with van der Waals surface area (Å²) in [6.07, 6.45) is 0.522. The molecule has 0 atom stereocenters. The fourth-order valence-electron chi connectivity index (χ4n) is 2.01. The SMILES string of the molecule is COc1ccc(Cl)cc1-c1nc(CC(C)C)c(C(=O)O)o1. The van der Waals surface area contributed by atoms with E-state index in [2.05, 4.69) is 4.98 Å². The van der Waals surface area contributed by atoms with E-state index in [-0.39, 0.29) is 17.6 Å². The van der Waals surface area contributed by atoms with Gasteiger partial charge in [0.2, 0.25) is 11.7 Å². The van der Waals surface area contributed by atoms with E-state index < -0.39 is 5.97 Å². The summed E-state index contributed by atoms with van der Waals surface area (Å²) in [5.41, 5.74) is 0.956. The molecule has 5 nitrogen and oxygen atoms in total. The van der Waals surface area contributed by atoms with Crippen molar-refractivity contribution in [2.45, 2.75) is 20.3 Å². The zero-order valence-corrected chi connectivity index (χ0v) is 12.8. The van der Waals surface area contributed by atoms with Crippen LogP contribution in [0.3, 0.4) is 0 Å². The minimum atomic E-state index is -1.13. The minimum absolute atomic E-state index is 0.138. The molecule has 0 fully saturated rings. The maximum Gasteiger partial charge on any atom is 0.373 e. The number of oxazole rings is 1. The second kappa shape index (κ2) is 6.18. The van der Waals surface area contributed by atoms with Crippen LogP contribution >= 0.6 is 11.6 Å². The molecule has 1 aromatic carbocycles. The Labute approximate surface area is 127 Å².